The average Bonchev–Trinajstić information content (AvgIpc) is 2.77. The van der Waals surface area contributed by atoms with E-state index in [1.807, 2.05) is 0 Å². The first-order valence-electron chi connectivity index (χ1n) is 5.89. The molecule has 0 saturated carbocycles. The molecular weight excluding hydrogens is 176 g/mol. The second-order valence-corrected chi connectivity index (χ2v) is 4.80. The molecule has 2 rings (SSSR count). The molecule has 14 heavy (non-hydrogen) atoms. The number of rotatable bonds is 3. The van der Waals surface area contributed by atoms with E-state index in [4.69, 9.17) is 0 Å². The molecule has 2 saturated heterocycles. The van der Waals surface area contributed by atoms with Crippen LogP contribution in [0.3, 0.4) is 0 Å². The molecule has 2 aliphatic rings. The van der Waals surface area contributed by atoms with Gasteiger partial charge in [0.25, 0.3) is 0 Å². The predicted molar refractivity (Wildman–Crippen MR) is 57.3 cm³/mol. The van der Waals surface area contributed by atoms with E-state index in [2.05, 4.69) is 17.1 Å². The molecule has 3 nitrogen and oxygen atoms in total. The molecule has 3 heteroatoms. The fourth-order valence-corrected chi connectivity index (χ4v) is 2.81. The molecule has 0 aromatic carbocycles. The Kier molecular flexibility index (Phi) is 3.42. The lowest BCUT2D eigenvalue weighted by molar-refractivity contribution is 0.132. The molecule has 2 aliphatic heterocycles. The van der Waals surface area contributed by atoms with Gasteiger partial charge < -0.3 is 10.4 Å². The van der Waals surface area contributed by atoms with Crippen LogP contribution in [0.5, 0.6) is 0 Å². The summed E-state index contributed by atoms with van der Waals surface area (Å²) < 4.78 is 0. The van der Waals surface area contributed by atoms with E-state index in [-0.39, 0.29) is 0 Å². The lowest BCUT2D eigenvalue weighted by Crippen LogP contribution is -2.42. The Morgan fingerprint density at radius 2 is 2.29 bits per heavy atom. The normalized spacial score (nSPS) is 39.4. The second kappa shape index (κ2) is 4.60. The third-order valence-corrected chi connectivity index (χ3v) is 3.80. The van der Waals surface area contributed by atoms with Crippen molar-refractivity contribution in [2.24, 2.45) is 5.92 Å². The highest BCUT2D eigenvalue weighted by atomic mass is 16.3. The highest BCUT2D eigenvalue weighted by Crippen LogP contribution is 2.24. The molecule has 0 amide bonds. The quantitative estimate of drug-likeness (QED) is 0.691. The molecule has 0 radical (unpaired) electrons. The highest BCUT2D eigenvalue weighted by Gasteiger charge is 2.32. The number of hydrogen-bond donors (Lipinski definition) is 2. The maximum Gasteiger partial charge on any atom is 0.0589 e. The minimum absolute atomic E-state index is 0.327. The number of nitrogens with one attached hydrogen (secondary N) is 1. The topological polar surface area (TPSA) is 35.5 Å². The van der Waals surface area contributed by atoms with Crippen LogP contribution in [0.15, 0.2) is 0 Å². The van der Waals surface area contributed by atoms with Crippen molar-refractivity contribution >= 4 is 0 Å². The first-order valence-corrected chi connectivity index (χ1v) is 5.89. The summed E-state index contributed by atoms with van der Waals surface area (Å²) >= 11 is 0. The van der Waals surface area contributed by atoms with Gasteiger partial charge in [-0.05, 0) is 38.3 Å². The summed E-state index contributed by atoms with van der Waals surface area (Å²) in [7, 11) is 0. The van der Waals surface area contributed by atoms with Gasteiger partial charge in [0.2, 0.25) is 0 Å². The fourth-order valence-electron chi connectivity index (χ4n) is 2.81. The number of nitrogens with zero attached hydrogens (tertiary/aromatic N) is 1. The number of hydrogen-bond acceptors (Lipinski definition) is 3. The van der Waals surface area contributed by atoms with Crippen LogP contribution in [0.4, 0.5) is 0 Å². The Bertz CT molecular complexity index is 180. The van der Waals surface area contributed by atoms with Crippen LogP contribution >= 0.6 is 0 Å². The lowest BCUT2D eigenvalue weighted by Gasteiger charge is -2.27. The SMILES string of the molecule is CC1CCN(CC2CCCN2)C1CO. The van der Waals surface area contributed by atoms with Crippen molar-refractivity contribution in [2.45, 2.75) is 38.3 Å². The minimum Gasteiger partial charge on any atom is -0.395 e. The molecule has 3 unspecified atom stereocenters. The Balaban J connectivity index is 1.84. The smallest absolute Gasteiger partial charge is 0.0589 e. The molecule has 0 bridgehead atoms. The monoisotopic (exact) mass is 198 g/mol. The average molecular weight is 198 g/mol. The van der Waals surface area contributed by atoms with E-state index >= 15 is 0 Å². The van der Waals surface area contributed by atoms with Gasteiger partial charge in [-0.15, -0.1) is 0 Å². The maximum absolute atomic E-state index is 9.32. The molecule has 82 valence electrons. The standard InChI is InChI=1S/C11H22N2O/c1-9-4-6-13(11(9)8-14)7-10-3-2-5-12-10/h9-12,14H,2-8H2,1H3. The third-order valence-electron chi connectivity index (χ3n) is 3.80. The van der Waals surface area contributed by atoms with Crippen molar-refractivity contribution in [3.63, 3.8) is 0 Å². The number of likely N-dealkylation sites (tertiary alicyclic amines) is 1. The molecule has 0 spiro atoms. The van der Waals surface area contributed by atoms with Crippen molar-refractivity contribution in [3.05, 3.63) is 0 Å². The zero-order chi connectivity index (χ0) is 9.97. The van der Waals surface area contributed by atoms with Crippen molar-refractivity contribution in [1.82, 2.24) is 10.2 Å². The van der Waals surface area contributed by atoms with Crippen LogP contribution in [0.2, 0.25) is 0 Å². The van der Waals surface area contributed by atoms with Crippen LogP contribution in [0.25, 0.3) is 0 Å². The summed E-state index contributed by atoms with van der Waals surface area (Å²) in [5.74, 6) is 0.668. The van der Waals surface area contributed by atoms with E-state index in [9.17, 15) is 5.11 Å². The van der Waals surface area contributed by atoms with Gasteiger partial charge in [0.1, 0.15) is 0 Å². The Labute approximate surface area is 86.5 Å². The Morgan fingerprint density at radius 3 is 2.93 bits per heavy atom. The highest BCUT2D eigenvalue weighted by molar-refractivity contribution is 4.88. The third kappa shape index (κ3) is 2.10. The van der Waals surface area contributed by atoms with E-state index in [1.165, 1.54) is 32.4 Å². The van der Waals surface area contributed by atoms with Gasteiger partial charge in [0, 0.05) is 18.6 Å². The van der Waals surface area contributed by atoms with Crippen molar-refractivity contribution in [3.8, 4) is 0 Å². The minimum atomic E-state index is 0.327. The van der Waals surface area contributed by atoms with Gasteiger partial charge in [-0.1, -0.05) is 6.92 Å². The lowest BCUT2D eigenvalue weighted by atomic mass is 10.0. The van der Waals surface area contributed by atoms with Crippen LogP contribution < -0.4 is 5.32 Å². The van der Waals surface area contributed by atoms with Crippen LogP contribution in [0, 0.1) is 5.92 Å². The summed E-state index contributed by atoms with van der Waals surface area (Å²) in [5.41, 5.74) is 0. The molecule has 0 aromatic rings. The molecule has 0 aromatic heterocycles. The fraction of sp³-hybridized carbons (Fsp3) is 1.00. The summed E-state index contributed by atoms with van der Waals surface area (Å²) in [6.07, 6.45) is 3.87. The van der Waals surface area contributed by atoms with Gasteiger partial charge in [0.05, 0.1) is 6.61 Å². The van der Waals surface area contributed by atoms with Crippen LogP contribution in [-0.2, 0) is 0 Å². The number of aliphatic hydroxyl groups excluding tert-OH is 1. The summed E-state index contributed by atoms with van der Waals surface area (Å²) in [6.45, 7) is 6.06. The molecule has 2 N–H and O–H groups in total. The predicted octanol–water partition coefficient (Wildman–Crippen LogP) is 0.441. The Hall–Kier alpha value is -0.120. The largest absolute Gasteiger partial charge is 0.395 e. The maximum atomic E-state index is 9.32. The first kappa shape index (κ1) is 10.4. The van der Waals surface area contributed by atoms with Gasteiger partial charge in [0.15, 0.2) is 0 Å². The summed E-state index contributed by atoms with van der Waals surface area (Å²) in [5, 5.41) is 12.8. The van der Waals surface area contributed by atoms with E-state index in [1.54, 1.807) is 0 Å². The van der Waals surface area contributed by atoms with Crippen LogP contribution in [0.1, 0.15) is 26.2 Å². The first-order chi connectivity index (χ1) is 6.81. The molecule has 2 fully saturated rings. The second-order valence-electron chi connectivity index (χ2n) is 4.80. The van der Waals surface area contributed by atoms with Gasteiger partial charge >= 0.3 is 0 Å². The molecular formula is C11H22N2O. The van der Waals surface area contributed by atoms with Crippen molar-refractivity contribution in [1.29, 1.82) is 0 Å². The summed E-state index contributed by atoms with van der Waals surface area (Å²) in [6, 6.07) is 1.09. The van der Waals surface area contributed by atoms with Crippen LogP contribution in [-0.4, -0.2) is 48.3 Å². The van der Waals surface area contributed by atoms with Gasteiger partial charge in [-0.3, -0.25) is 4.90 Å². The molecule has 3 atom stereocenters. The zero-order valence-corrected chi connectivity index (χ0v) is 9.08. The number of aliphatic hydroxyl groups is 1. The van der Waals surface area contributed by atoms with Gasteiger partial charge in [-0.2, -0.15) is 0 Å². The molecule has 0 aliphatic carbocycles. The molecule has 2 heterocycles. The van der Waals surface area contributed by atoms with E-state index in [0.29, 0.717) is 24.6 Å². The van der Waals surface area contributed by atoms with Gasteiger partial charge in [-0.25, -0.2) is 0 Å². The zero-order valence-electron chi connectivity index (χ0n) is 9.08. The van der Waals surface area contributed by atoms with Crippen molar-refractivity contribution in [2.75, 3.05) is 26.2 Å². The summed E-state index contributed by atoms with van der Waals surface area (Å²) in [4.78, 5) is 2.47. The van der Waals surface area contributed by atoms with Crippen molar-refractivity contribution < 1.29 is 5.11 Å². The Morgan fingerprint density at radius 1 is 1.43 bits per heavy atom. The van der Waals surface area contributed by atoms with E-state index < -0.39 is 0 Å². The van der Waals surface area contributed by atoms with E-state index in [0.717, 1.165) is 6.54 Å².